The minimum absolute atomic E-state index is 0.273. The van der Waals surface area contributed by atoms with Gasteiger partial charge >= 0.3 is 6.16 Å². The molecular formula is C4H6Br2O3. The molecule has 0 aliphatic carbocycles. The van der Waals surface area contributed by atoms with Gasteiger partial charge in [-0.05, 0) is 0 Å². The Hall–Kier alpha value is -0.0300. The molecule has 0 radical (unpaired) electrons. The minimum Gasteiger partial charge on any atom is -0.450 e. The fourth-order valence-corrected chi connectivity index (χ4v) is 0. The van der Waals surface area contributed by atoms with Crippen molar-refractivity contribution in [1.29, 1.82) is 0 Å². The summed E-state index contributed by atoms with van der Waals surface area (Å²) >= 11 is 6.34. The van der Waals surface area contributed by atoms with Crippen LogP contribution in [0.15, 0.2) is 12.7 Å². The van der Waals surface area contributed by atoms with Crippen molar-refractivity contribution in [3.63, 3.8) is 0 Å². The molecule has 0 aliphatic heterocycles. The lowest BCUT2D eigenvalue weighted by atomic mass is 10.8. The highest BCUT2D eigenvalue weighted by Crippen LogP contribution is 2.06. The highest BCUT2D eigenvalue weighted by atomic mass is 79.9. The maximum absolute atomic E-state index is 8.56. The van der Waals surface area contributed by atoms with Gasteiger partial charge in [0.2, 0.25) is 0 Å². The van der Waals surface area contributed by atoms with Crippen molar-refractivity contribution >= 4 is 38.0 Å². The molecule has 0 fully saturated rings. The van der Waals surface area contributed by atoms with E-state index >= 15 is 0 Å². The average Bonchev–Trinajstić information content (AvgIpc) is 1.65. The quantitative estimate of drug-likeness (QED) is 0.563. The Labute approximate surface area is 69.6 Å². The predicted octanol–water partition coefficient (Wildman–Crippen LogP) is 2.51. The number of hydrogen-bond donors (Lipinski definition) is 2. The average molecular weight is 262 g/mol. The van der Waals surface area contributed by atoms with Gasteiger partial charge in [-0.15, -0.1) is 6.58 Å². The highest BCUT2D eigenvalue weighted by Gasteiger charge is 1.79. The molecule has 0 aliphatic rings. The molecule has 0 amide bonds. The van der Waals surface area contributed by atoms with Crippen LogP contribution in [0.4, 0.5) is 4.79 Å². The molecule has 5 heteroatoms. The lowest BCUT2D eigenvalue weighted by molar-refractivity contribution is 0.137. The maximum Gasteiger partial charge on any atom is 0.503 e. The zero-order chi connectivity index (χ0) is 7.86. The van der Waals surface area contributed by atoms with Crippen LogP contribution >= 0.6 is 31.9 Å². The van der Waals surface area contributed by atoms with Gasteiger partial charge in [-0.3, -0.25) is 0 Å². The summed E-state index contributed by atoms with van der Waals surface area (Å²) in [6, 6.07) is 0. The van der Waals surface area contributed by atoms with E-state index in [1.165, 1.54) is 0 Å². The molecule has 0 unspecified atom stereocenters. The van der Waals surface area contributed by atoms with Gasteiger partial charge in [-0.25, -0.2) is 4.79 Å². The van der Waals surface area contributed by atoms with Gasteiger partial charge in [-0.1, -0.05) is 37.9 Å². The van der Waals surface area contributed by atoms with Crippen molar-refractivity contribution < 1.29 is 15.0 Å². The van der Waals surface area contributed by atoms with Crippen molar-refractivity contribution in [2.24, 2.45) is 0 Å². The summed E-state index contributed by atoms with van der Waals surface area (Å²) in [6.07, 6.45) is -0.0833. The third kappa shape index (κ3) is 73.2. The van der Waals surface area contributed by atoms with Gasteiger partial charge in [0, 0.05) is 0 Å². The number of carbonyl (C=O) groups is 1. The van der Waals surface area contributed by atoms with Crippen molar-refractivity contribution in [2.45, 2.75) is 3.74 Å². The second kappa shape index (κ2) is 7.97. The van der Waals surface area contributed by atoms with E-state index in [-0.39, 0.29) is 3.74 Å². The molecule has 3 nitrogen and oxygen atoms in total. The second-order valence-electron chi connectivity index (χ2n) is 0.853. The third-order valence-corrected chi connectivity index (χ3v) is 0.926. The lowest BCUT2D eigenvalue weighted by Gasteiger charge is -1.78. The first kappa shape index (κ1) is 11.7. The molecule has 54 valence electrons. The van der Waals surface area contributed by atoms with E-state index < -0.39 is 6.16 Å². The van der Waals surface area contributed by atoms with E-state index in [1.807, 2.05) is 0 Å². The predicted molar refractivity (Wildman–Crippen MR) is 42.5 cm³/mol. The summed E-state index contributed by atoms with van der Waals surface area (Å²) in [5.74, 6) is 0. The third-order valence-electron chi connectivity index (χ3n) is 0.178. The standard InChI is InChI=1S/C3H4Br2.CH2O3/c1-2-3(4)5;2-1(3)4/h2-3H,1H2;(H2,2,3,4). The molecule has 0 saturated heterocycles. The van der Waals surface area contributed by atoms with Gasteiger partial charge in [0.05, 0.1) is 3.74 Å². The normalized spacial score (nSPS) is 7.44. The Morgan fingerprint density at radius 3 is 1.67 bits per heavy atom. The lowest BCUT2D eigenvalue weighted by Crippen LogP contribution is -1.81. The Bertz CT molecular complexity index is 87.8. The molecule has 0 aromatic carbocycles. The molecule has 0 bridgehead atoms. The fourth-order valence-electron chi connectivity index (χ4n) is 0. The number of halogens is 2. The van der Waals surface area contributed by atoms with Gasteiger partial charge < -0.3 is 10.2 Å². The molecule has 9 heavy (non-hydrogen) atoms. The summed E-state index contributed by atoms with van der Waals surface area (Å²) in [4.78, 5) is 8.56. The Balaban J connectivity index is 0. The zero-order valence-corrected chi connectivity index (χ0v) is 7.59. The molecule has 0 saturated carbocycles. The Morgan fingerprint density at radius 1 is 1.56 bits per heavy atom. The van der Waals surface area contributed by atoms with Gasteiger partial charge in [-0.2, -0.15) is 0 Å². The summed E-state index contributed by atoms with van der Waals surface area (Å²) in [5, 5.41) is 13.9. The van der Waals surface area contributed by atoms with Crippen LogP contribution in [0.2, 0.25) is 0 Å². The molecule has 0 spiro atoms. The van der Waals surface area contributed by atoms with E-state index in [1.54, 1.807) is 6.08 Å². The van der Waals surface area contributed by atoms with Crippen LogP contribution in [-0.2, 0) is 0 Å². The highest BCUT2D eigenvalue weighted by molar-refractivity contribution is 9.24. The molecular weight excluding hydrogens is 256 g/mol. The Kier molecular flexibility index (Phi) is 10.4. The van der Waals surface area contributed by atoms with Crippen molar-refractivity contribution in [2.75, 3.05) is 0 Å². The summed E-state index contributed by atoms with van der Waals surface area (Å²) in [5.41, 5.74) is 0. The molecule has 0 aromatic heterocycles. The minimum atomic E-state index is -1.83. The van der Waals surface area contributed by atoms with Gasteiger partial charge in [0.1, 0.15) is 0 Å². The molecule has 0 aromatic rings. The van der Waals surface area contributed by atoms with E-state index in [2.05, 4.69) is 38.4 Å². The molecule has 0 heterocycles. The smallest absolute Gasteiger partial charge is 0.450 e. The van der Waals surface area contributed by atoms with Crippen LogP contribution in [0.3, 0.4) is 0 Å². The summed E-state index contributed by atoms with van der Waals surface area (Å²) < 4.78 is 0.273. The first-order valence-electron chi connectivity index (χ1n) is 1.83. The van der Waals surface area contributed by atoms with Crippen LogP contribution in [0.1, 0.15) is 0 Å². The number of carboxylic acid groups (broad SMARTS) is 2. The van der Waals surface area contributed by atoms with Crippen LogP contribution < -0.4 is 0 Å². The molecule has 0 rings (SSSR count). The van der Waals surface area contributed by atoms with E-state index in [0.717, 1.165) is 0 Å². The number of hydrogen-bond acceptors (Lipinski definition) is 1. The molecule has 2 N–H and O–H groups in total. The second-order valence-corrected chi connectivity index (χ2v) is 4.05. The van der Waals surface area contributed by atoms with Crippen molar-refractivity contribution in [3.8, 4) is 0 Å². The van der Waals surface area contributed by atoms with Crippen LogP contribution in [0, 0.1) is 0 Å². The van der Waals surface area contributed by atoms with E-state index in [4.69, 9.17) is 15.0 Å². The zero-order valence-electron chi connectivity index (χ0n) is 4.42. The maximum atomic E-state index is 8.56. The van der Waals surface area contributed by atoms with Crippen LogP contribution in [-0.4, -0.2) is 20.1 Å². The van der Waals surface area contributed by atoms with E-state index in [0.29, 0.717) is 0 Å². The van der Waals surface area contributed by atoms with Crippen molar-refractivity contribution in [3.05, 3.63) is 12.7 Å². The van der Waals surface area contributed by atoms with E-state index in [9.17, 15) is 0 Å². The molecule has 0 atom stereocenters. The monoisotopic (exact) mass is 260 g/mol. The van der Waals surface area contributed by atoms with Crippen molar-refractivity contribution in [1.82, 2.24) is 0 Å². The number of alkyl halides is 2. The summed E-state index contributed by atoms with van der Waals surface area (Å²) in [6.45, 7) is 3.47. The Morgan fingerprint density at radius 2 is 1.67 bits per heavy atom. The van der Waals surface area contributed by atoms with Gasteiger partial charge in [0.25, 0.3) is 0 Å². The summed E-state index contributed by atoms with van der Waals surface area (Å²) in [7, 11) is 0. The topological polar surface area (TPSA) is 57.5 Å². The number of rotatable bonds is 1. The fraction of sp³-hybridized carbons (Fsp3) is 0.250. The SMILES string of the molecule is C=CC(Br)Br.O=C(O)O. The van der Waals surface area contributed by atoms with Crippen LogP contribution in [0.25, 0.3) is 0 Å². The first-order valence-corrected chi connectivity index (χ1v) is 3.66. The van der Waals surface area contributed by atoms with Crippen LogP contribution in [0.5, 0.6) is 0 Å². The van der Waals surface area contributed by atoms with Gasteiger partial charge in [0.15, 0.2) is 0 Å². The first-order chi connectivity index (χ1) is 4.00. The largest absolute Gasteiger partial charge is 0.503 e. The number of allylic oxidation sites excluding steroid dienone is 1.